The molecule has 1 saturated carbocycles. The molecule has 2 aromatic rings. The summed E-state index contributed by atoms with van der Waals surface area (Å²) in [5.74, 6) is 1.07. The fraction of sp³-hybridized carbons (Fsp3) is 0.545. The van der Waals surface area contributed by atoms with Crippen molar-refractivity contribution in [1.82, 2.24) is 15.3 Å². The van der Waals surface area contributed by atoms with Gasteiger partial charge in [-0.1, -0.05) is 44.7 Å². The molecule has 1 aromatic carbocycles. The van der Waals surface area contributed by atoms with E-state index >= 15 is 0 Å². The summed E-state index contributed by atoms with van der Waals surface area (Å²) in [6, 6.07) is 5.99. The monoisotopic (exact) mass is 411 g/mol. The number of anilines is 1. The van der Waals surface area contributed by atoms with Gasteiger partial charge >= 0.3 is 0 Å². The van der Waals surface area contributed by atoms with Crippen molar-refractivity contribution in [2.45, 2.75) is 65.0 Å². The van der Waals surface area contributed by atoms with Crippen molar-refractivity contribution in [3.63, 3.8) is 0 Å². The maximum Gasteiger partial charge on any atom is 0.289 e. The predicted molar refractivity (Wildman–Crippen MR) is 122 cm³/mol. The van der Waals surface area contributed by atoms with Gasteiger partial charge in [-0.05, 0) is 37.8 Å². The summed E-state index contributed by atoms with van der Waals surface area (Å²) in [5.41, 5.74) is 13.1. The van der Waals surface area contributed by atoms with Crippen LogP contribution in [0.25, 0.3) is 10.9 Å². The van der Waals surface area contributed by atoms with Gasteiger partial charge in [0.15, 0.2) is 5.96 Å². The smallest absolute Gasteiger partial charge is 0.289 e. The Morgan fingerprint density at radius 1 is 1.27 bits per heavy atom. The van der Waals surface area contributed by atoms with Crippen molar-refractivity contribution in [2.24, 2.45) is 22.4 Å². The van der Waals surface area contributed by atoms with Crippen molar-refractivity contribution in [3.05, 3.63) is 29.6 Å². The lowest BCUT2D eigenvalue weighted by atomic mass is 9.90. The molecule has 1 amide bonds. The Balaban J connectivity index is 1.94. The van der Waals surface area contributed by atoms with Crippen LogP contribution in [-0.2, 0) is 0 Å². The lowest BCUT2D eigenvalue weighted by molar-refractivity contribution is 0.0938. The van der Waals surface area contributed by atoms with E-state index in [1.165, 1.54) is 0 Å². The number of guanidine groups is 1. The number of carbonyl (C=O) groups excluding carboxylic acids is 1. The van der Waals surface area contributed by atoms with E-state index in [1.54, 1.807) is 0 Å². The molecule has 1 aliphatic rings. The summed E-state index contributed by atoms with van der Waals surface area (Å²) in [7, 11) is 0. The summed E-state index contributed by atoms with van der Waals surface area (Å²) in [5, 5.41) is 7.36. The van der Waals surface area contributed by atoms with Crippen LogP contribution in [0.1, 0.15) is 62.1 Å². The Morgan fingerprint density at radius 3 is 2.77 bits per heavy atom. The molecule has 0 radical (unpaired) electrons. The maximum absolute atomic E-state index is 12.7. The van der Waals surface area contributed by atoms with E-state index in [0.717, 1.165) is 48.6 Å². The maximum atomic E-state index is 12.7. The standard InChI is InChI=1S/C22H33N7O/c1-4-13(2)12-25-21(30)20-26-16-10-9-14(3)11-15(16)19(29-20)27-17-7-5-6-8-18(17)28-22(23)24/h9-11,13,17-18H,4-8,12H2,1-3H3,(H,25,30)(H4,23,24,28)(H,26,27,29). The fourth-order valence-corrected chi connectivity index (χ4v) is 3.75. The van der Waals surface area contributed by atoms with Crippen LogP contribution in [-0.4, -0.2) is 40.5 Å². The largest absolute Gasteiger partial charge is 0.370 e. The van der Waals surface area contributed by atoms with Crippen molar-refractivity contribution >= 4 is 28.6 Å². The predicted octanol–water partition coefficient (Wildman–Crippen LogP) is 2.71. The van der Waals surface area contributed by atoms with E-state index in [2.05, 4.69) is 39.4 Å². The van der Waals surface area contributed by atoms with Crippen LogP contribution in [0.4, 0.5) is 5.82 Å². The Bertz CT molecular complexity index is 923. The fourth-order valence-electron chi connectivity index (χ4n) is 3.75. The van der Waals surface area contributed by atoms with Gasteiger partial charge in [0.05, 0.1) is 17.6 Å². The van der Waals surface area contributed by atoms with Gasteiger partial charge in [0, 0.05) is 11.9 Å². The van der Waals surface area contributed by atoms with Gasteiger partial charge in [0.25, 0.3) is 5.91 Å². The molecule has 0 aliphatic heterocycles. The lowest BCUT2D eigenvalue weighted by Gasteiger charge is -2.30. The minimum absolute atomic E-state index is 0.0127. The van der Waals surface area contributed by atoms with Crippen LogP contribution in [0.2, 0.25) is 0 Å². The van der Waals surface area contributed by atoms with Gasteiger partial charge in [0.1, 0.15) is 5.82 Å². The van der Waals surface area contributed by atoms with E-state index in [1.807, 2.05) is 25.1 Å². The van der Waals surface area contributed by atoms with E-state index < -0.39 is 0 Å². The molecule has 1 fully saturated rings. The third kappa shape index (κ3) is 5.37. The van der Waals surface area contributed by atoms with Crippen molar-refractivity contribution < 1.29 is 4.79 Å². The zero-order valence-electron chi connectivity index (χ0n) is 18.1. The molecule has 1 aliphatic carbocycles. The number of aryl methyl sites for hydroxylation is 1. The minimum atomic E-state index is -0.259. The average Bonchev–Trinajstić information content (AvgIpc) is 2.72. The first-order valence-electron chi connectivity index (χ1n) is 10.8. The number of nitrogens with zero attached hydrogens (tertiary/aromatic N) is 3. The highest BCUT2D eigenvalue weighted by atomic mass is 16.2. The van der Waals surface area contributed by atoms with Crippen LogP contribution in [0.15, 0.2) is 23.2 Å². The quantitative estimate of drug-likeness (QED) is 0.409. The molecule has 8 heteroatoms. The molecule has 3 atom stereocenters. The Hall–Kier alpha value is -2.90. The average molecular weight is 412 g/mol. The molecule has 30 heavy (non-hydrogen) atoms. The molecule has 162 valence electrons. The second-order valence-corrected chi connectivity index (χ2v) is 8.30. The third-order valence-electron chi connectivity index (χ3n) is 5.73. The number of aromatic nitrogens is 2. The summed E-state index contributed by atoms with van der Waals surface area (Å²) in [4.78, 5) is 26.2. The topological polar surface area (TPSA) is 131 Å². The number of rotatable bonds is 7. The lowest BCUT2D eigenvalue weighted by Crippen LogP contribution is -2.38. The number of hydrogen-bond acceptors (Lipinski definition) is 5. The van der Waals surface area contributed by atoms with Crippen LogP contribution in [0.5, 0.6) is 0 Å². The second kappa shape index (κ2) is 9.73. The molecular weight excluding hydrogens is 378 g/mol. The number of hydrogen-bond donors (Lipinski definition) is 4. The number of nitrogens with two attached hydrogens (primary N) is 2. The van der Waals surface area contributed by atoms with Crippen LogP contribution in [0, 0.1) is 12.8 Å². The van der Waals surface area contributed by atoms with Gasteiger partial charge in [-0.2, -0.15) is 0 Å². The molecule has 0 spiro atoms. The number of benzene rings is 1. The zero-order valence-corrected chi connectivity index (χ0v) is 18.1. The normalized spacial score (nSPS) is 19.8. The highest BCUT2D eigenvalue weighted by molar-refractivity contribution is 5.96. The molecular formula is C22H33N7O. The summed E-state index contributed by atoms with van der Waals surface area (Å²) < 4.78 is 0. The first-order chi connectivity index (χ1) is 14.4. The van der Waals surface area contributed by atoms with Crippen molar-refractivity contribution in [3.8, 4) is 0 Å². The van der Waals surface area contributed by atoms with Gasteiger partial charge in [0.2, 0.25) is 5.82 Å². The third-order valence-corrected chi connectivity index (χ3v) is 5.73. The molecule has 8 nitrogen and oxygen atoms in total. The second-order valence-electron chi connectivity index (χ2n) is 8.30. The Labute approximate surface area is 177 Å². The highest BCUT2D eigenvalue weighted by Crippen LogP contribution is 2.28. The van der Waals surface area contributed by atoms with Crippen LogP contribution in [0.3, 0.4) is 0 Å². The minimum Gasteiger partial charge on any atom is -0.370 e. The molecule has 3 unspecified atom stereocenters. The Morgan fingerprint density at radius 2 is 2.03 bits per heavy atom. The first kappa shape index (κ1) is 21.8. The number of nitrogens with one attached hydrogen (secondary N) is 2. The number of aliphatic imine (C=N–C) groups is 1. The molecule has 6 N–H and O–H groups in total. The SMILES string of the molecule is CCC(C)CNC(=O)c1nc(NC2CCCCC2N=C(N)N)c2cc(C)ccc2n1. The van der Waals surface area contributed by atoms with Crippen molar-refractivity contribution in [2.75, 3.05) is 11.9 Å². The van der Waals surface area contributed by atoms with E-state index in [9.17, 15) is 4.79 Å². The van der Waals surface area contributed by atoms with Crippen LogP contribution < -0.4 is 22.1 Å². The van der Waals surface area contributed by atoms with Crippen LogP contribution >= 0.6 is 0 Å². The summed E-state index contributed by atoms with van der Waals surface area (Å²) >= 11 is 0. The number of carbonyl (C=O) groups is 1. The summed E-state index contributed by atoms with van der Waals surface area (Å²) in [6.07, 6.45) is 5.04. The summed E-state index contributed by atoms with van der Waals surface area (Å²) in [6.45, 7) is 6.83. The molecule has 0 saturated heterocycles. The number of amides is 1. The van der Waals surface area contributed by atoms with Gasteiger partial charge < -0.3 is 22.1 Å². The molecule has 0 bridgehead atoms. The van der Waals surface area contributed by atoms with E-state index in [0.29, 0.717) is 18.3 Å². The molecule has 1 aromatic heterocycles. The van der Waals surface area contributed by atoms with E-state index in [-0.39, 0.29) is 29.8 Å². The van der Waals surface area contributed by atoms with E-state index in [4.69, 9.17) is 11.5 Å². The molecule has 1 heterocycles. The van der Waals surface area contributed by atoms with Gasteiger partial charge in [-0.3, -0.25) is 4.79 Å². The van der Waals surface area contributed by atoms with Gasteiger partial charge in [-0.15, -0.1) is 0 Å². The van der Waals surface area contributed by atoms with Gasteiger partial charge in [-0.25, -0.2) is 15.0 Å². The molecule has 3 rings (SSSR count). The van der Waals surface area contributed by atoms with Crippen molar-refractivity contribution in [1.29, 1.82) is 0 Å². The zero-order chi connectivity index (χ0) is 21.7. The highest BCUT2D eigenvalue weighted by Gasteiger charge is 2.26. The Kier molecular flexibility index (Phi) is 7.07. The number of fused-ring (bicyclic) bond motifs is 1. The first-order valence-corrected chi connectivity index (χ1v) is 10.8.